The van der Waals surface area contributed by atoms with Gasteiger partial charge in [0.05, 0.1) is 7.11 Å². The second-order valence-corrected chi connectivity index (χ2v) is 2.86. The van der Waals surface area contributed by atoms with E-state index < -0.39 is 0 Å². The van der Waals surface area contributed by atoms with Gasteiger partial charge in [-0.25, -0.2) is 0 Å². The molecule has 0 heterocycles. The summed E-state index contributed by atoms with van der Waals surface area (Å²) in [4.78, 5) is 0. The summed E-state index contributed by atoms with van der Waals surface area (Å²) in [6, 6.07) is 6.88. The molecule has 15 heavy (non-hydrogen) atoms. The molecular formula is C10H12N2O3. The van der Waals surface area contributed by atoms with Gasteiger partial charge in [0.25, 0.3) is 0 Å². The van der Waals surface area contributed by atoms with Crippen LogP contribution in [0.25, 0.3) is 0 Å². The molecule has 0 aromatic heterocycles. The van der Waals surface area contributed by atoms with Gasteiger partial charge in [0.1, 0.15) is 17.2 Å². The Balaban J connectivity index is 3.05. The first-order valence-corrected chi connectivity index (χ1v) is 4.28. The van der Waals surface area contributed by atoms with E-state index >= 15 is 0 Å². The highest BCUT2D eigenvalue weighted by Gasteiger charge is 2.08. The molecule has 0 bridgehead atoms. The van der Waals surface area contributed by atoms with Crippen molar-refractivity contribution in [2.45, 2.75) is 6.92 Å². The smallest absolute Gasteiger partial charge is 0.134 e. The summed E-state index contributed by atoms with van der Waals surface area (Å²) in [5.41, 5.74) is 1.11. The molecule has 0 saturated heterocycles. The van der Waals surface area contributed by atoms with Gasteiger partial charge >= 0.3 is 0 Å². The van der Waals surface area contributed by atoms with Crippen LogP contribution >= 0.6 is 0 Å². The number of nitrogens with zero attached hydrogens (tertiary/aromatic N) is 2. The van der Waals surface area contributed by atoms with E-state index in [1.807, 2.05) is 0 Å². The fourth-order valence-corrected chi connectivity index (χ4v) is 1.14. The number of ether oxygens (including phenoxy) is 1. The van der Waals surface area contributed by atoms with Crippen molar-refractivity contribution in [1.82, 2.24) is 0 Å². The zero-order valence-electron chi connectivity index (χ0n) is 8.51. The van der Waals surface area contributed by atoms with Gasteiger partial charge < -0.3 is 15.2 Å². The fraction of sp³-hybridized carbons (Fsp3) is 0.200. The highest BCUT2D eigenvalue weighted by Crippen LogP contribution is 2.12. The van der Waals surface area contributed by atoms with Crippen LogP contribution in [0.15, 0.2) is 34.6 Å². The minimum absolute atomic E-state index is 0.222. The topological polar surface area (TPSA) is 74.4 Å². The second kappa shape index (κ2) is 4.99. The first-order chi connectivity index (χ1) is 7.22. The normalized spacial score (nSPS) is 12.7. The second-order valence-electron chi connectivity index (χ2n) is 2.86. The number of methoxy groups -OCH3 is 1. The van der Waals surface area contributed by atoms with Crippen molar-refractivity contribution in [3.8, 4) is 5.75 Å². The molecule has 1 aromatic rings. The molecule has 0 fully saturated rings. The third-order valence-electron chi connectivity index (χ3n) is 1.96. The minimum atomic E-state index is 0.222. The summed E-state index contributed by atoms with van der Waals surface area (Å²) in [6.07, 6.45) is 0. The fourth-order valence-electron chi connectivity index (χ4n) is 1.14. The Kier molecular flexibility index (Phi) is 3.68. The largest absolute Gasteiger partial charge is 0.497 e. The van der Waals surface area contributed by atoms with E-state index in [1.54, 1.807) is 38.3 Å². The highest BCUT2D eigenvalue weighted by atomic mass is 16.5. The van der Waals surface area contributed by atoms with E-state index in [1.165, 1.54) is 0 Å². The van der Waals surface area contributed by atoms with Crippen molar-refractivity contribution in [3.05, 3.63) is 29.8 Å². The van der Waals surface area contributed by atoms with Gasteiger partial charge in [-0.1, -0.05) is 10.3 Å². The third kappa shape index (κ3) is 2.46. The Hall–Kier alpha value is -2.04. The molecule has 1 rings (SSSR count). The molecule has 0 unspecified atom stereocenters. The number of rotatable bonds is 3. The van der Waals surface area contributed by atoms with Crippen LogP contribution in [-0.4, -0.2) is 28.9 Å². The number of hydrogen-bond donors (Lipinski definition) is 2. The lowest BCUT2D eigenvalue weighted by Crippen LogP contribution is -2.12. The molecule has 5 heteroatoms. The van der Waals surface area contributed by atoms with Crippen LogP contribution in [-0.2, 0) is 0 Å². The Morgan fingerprint density at radius 1 is 1.13 bits per heavy atom. The minimum Gasteiger partial charge on any atom is -0.497 e. The van der Waals surface area contributed by atoms with Gasteiger partial charge in [-0.3, -0.25) is 0 Å². The zero-order chi connectivity index (χ0) is 11.3. The maximum atomic E-state index is 8.77. The van der Waals surface area contributed by atoms with Crippen LogP contribution in [0.5, 0.6) is 5.75 Å². The van der Waals surface area contributed by atoms with Crippen LogP contribution in [0, 0.1) is 0 Å². The molecule has 0 aliphatic heterocycles. The lowest BCUT2D eigenvalue weighted by Gasteiger charge is -2.04. The van der Waals surface area contributed by atoms with Crippen LogP contribution in [0.4, 0.5) is 0 Å². The van der Waals surface area contributed by atoms with Gasteiger partial charge in [0, 0.05) is 5.56 Å². The maximum Gasteiger partial charge on any atom is 0.134 e. The van der Waals surface area contributed by atoms with Crippen molar-refractivity contribution in [3.63, 3.8) is 0 Å². The Morgan fingerprint density at radius 2 is 1.73 bits per heavy atom. The van der Waals surface area contributed by atoms with Crippen LogP contribution in [0.1, 0.15) is 12.5 Å². The van der Waals surface area contributed by atoms with Gasteiger partial charge in [-0.05, 0) is 31.2 Å². The van der Waals surface area contributed by atoms with Gasteiger partial charge in [0.2, 0.25) is 0 Å². The highest BCUT2D eigenvalue weighted by molar-refractivity contribution is 6.47. The molecular weight excluding hydrogens is 196 g/mol. The van der Waals surface area contributed by atoms with Crippen molar-refractivity contribution in [2.75, 3.05) is 7.11 Å². The summed E-state index contributed by atoms with van der Waals surface area (Å²) < 4.78 is 4.99. The number of hydrogen-bond acceptors (Lipinski definition) is 5. The summed E-state index contributed by atoms with van der Waals surface area (Å²) >= 11 is 0. The predicted molar refractivity (Wildman–Crippen MR) is 56.2 cm³/mol. The van der Waals surface area contributed by atoms with E-state index in [-0.39, 0.29) is 11.4 Å². The molecule has 0 spiro atoms. The van der Waals surface area contributed by atoms with Crippen LogP contribution < -0.4 is 4.74 Å². The van der Waals surface area contributed by atoms with Crippen molar-refractivity contribution >= 4 is 11.4 Å². The Morgan fingerprint density at radius 3 is 2.13 bits per heavy atom. The molecule has 1 aromatic carbocycles. The molecule has 0 radical (unpaired) electrons. The van der Waals surface area contributed by atoms with Crippen LogP contribution in [0.2, 0.25) is 0 Å². The maximum absolute atomic E-state index is 8.77. The molecule has 2 N–H and O–H groups in total. The van der Waals surface area contributed by atoms with Crippen molar-refractivity contribution in [1.29, 1.82) is 0 Å². The summed E-state index contributed by atoms with van der Waals surface area (Å²) in [5, 5.41) is 23.4. The first kappa shape index (κ1) is 11.0. The molecule has 0 saturated carbocycles. The lowest BCUT2D eigenvalue weighted by atomic mass is 10.1. The summed E-state index contributed by atoms with van der Waals surface area (Å²) in [7, 11) is 1.57. The van der Waals surface area contributed by atoms with E-state index in [0.29, 0.717) is 11.3 Å². The molecule has 5 nitrogen and oxygen atoms in total. The molecule has 0 aliphatic carbocycles. The Bertz CT molecular complexity index is 382. The van der Waals surface area contributed by atoms with E-state index in [0.717, 1.165) is 0 Å². The van der Waals surface area contributed by atoms with Crippen molar-refractivity contribution < 1.29 is 15.2 Å². The van der Waals surface area contributed by atoms with Crippen molar-refractivity contribution in [2.24, 2.45) is 10.3 Å². The molecule has 0 atom stereocenters. The first-order valence-electron chi connectivity index (χ1n) is 4.28. The average Bonchev–Trinajstić information content (AvgIpc) is 2.30. The average molecular weight is 208 g/mol. The Labute approximate surface area is 87.3 Å². The standard InChI is InChI=1S/C10H12N2O3/c1-7(11-13)10(12-14)8-3-5-9(15-2)6-4-8/h3-6,13-14H,1-2H3. The number of benzene rings is 1. The van der Waals surface area contributed by atoms with E-state index in [9.17, 15) is 0 Å². The van der Waals surface area contributed by atoms with Crippen LogP contribution in [0.3, 0.4) is 0 Å². The predicted octanol–water partition coefficient (Wildman–Crippen LogP) is 1.72. The SMILES string of the molecule is COc1ccc(C(=NO)C(C)=NO)cc1. The van der Waals surface area contributed by atoms with E-state index in [4.69, 9.17) is 15.2 Å². The van der Waals surface area contributed by atoms with E-state index in [2.05, 4.69) is 10.3 Å². The summed E-state index contributed by atoms with van der Waals surface area (Å²) in [5.74, 6) is 0.703. The number of oxime groups is 2. The third-order valence-corrected chi connectivity index (χ3v) is 1.96. The van der Waals surface area contributed by atoms with Gasteiger partial charge in [-0.15, -0.1) is 0 Å². The lowest BCUT2D eigenvalue weighted by molar-refractivity contribution is 0.314. The van der Waals surface area contributed by atoms with Gasteiger partial charge in [-0.2, -0.15) is 0 Å². The van der Waals surface area contributed by atoms with Gasteiger partial charge in [0.15, 0.2) is 0 Å². The zero-order valence-corrected chi connectivity index (χ0v) is 8.51. The molecule has 0 amide bonds. The monoisotopic (exact) mass is 208 g/mol. The molecule has 0 aliphatic rings. The molecule has 80 valence electrons. The quantitative estimate of drug-likeness (QED) is 0.451. The summed E-state index contributed by atoms with van der Waals surface area (Å²) in [6.45, 7) is 1.54.